The van der Waals surface area contributed by atoms with Crippen LogP contribution in [0.15, 0.2) is 52.8 Å². The fourth-order valence-electron chi connectivity index (χ4n) is 1.12. The van der Waals surface area contributed by atoms with Gasteiger partial charge in [-0.2, -0.15) is 0 Å². The first kappa shape index (κ1) is 13.9. The van der Waals surface area contributed by atoms with E-state index in [1.807, 2.05) is 24.3 Å². The van der Waals surface area contributed by atoms with Gasteiger partial charge in [-0.15, -0.1) is 6.58 Å². The first-order chi connectivity index (χ1) is 8.17. The molecule has 0 aliphatic heterocycles. The average molecular weight is 269 g/mol. The van der Waals surface area contributed by atoms with Gasteiger partial charge in [0.1, 0.15) is 0 Å². The summed E-state index contributed by atoms with van der Waals surface area (Å²) in [6.07, 6.45) is 2.17. The maximum atomic E-state index is 11.4. The molecule has 0 fully saturated rings. The number of rotatable bonds is 5. The molecule has 0 amide bonds. The lowest BCUT2D eigenvalue weighted by Crippen LogP contribution is -2.03. The number of thioether (sulfide) groups is 1. The van der Waals surface area contributed by atoms with E-state index in [2.05, 4.69) is 11.3 Å². The zero-order chi connectivity index (χ0) is 12.7. The third-order valence-electron chi connectivity index (χ3n) is 1.96. The number of methoxy groups -OCH3 is 1. The van der Waals surface area contributed by atoms with Crippen molar-refractivity contribution in [3.8, 4) is 0 Å². The number of hydrogen-bond acceptors (Lipinski definition) is 3. The van der Waals surface area contributed by atoms with Crippen LogP contribution in [-0.2, 0) is 9.53 Å². The normalized spacial score (nSPS) is 11.1. The number of benzene rings is 1. The second-order valence-corrected chi connectivity index (χ2v) is 4.58. The van der Waals surface area contributed by atoms with E-state index in [-0.39, 0.29) is 5.97 Å². The predicted octanol–water partition coefficient (Wildman–Crippen LogP) is 4.07. The molecule has 2 nitrogen and oxygen atoms in total. The van der Waals surface area contributed by atoms with Gasteiger partial charge < -0.3 is 4.74 Å². The summed E-state index contributed by atoms with van der Waals surface area (Å²) in [6.45, 7) is 3.61. The van der Waals surface area contributed by atoms with Crippen LogP contribution in [-0.4, -0.2) is 13.1 Å². The zero-order valence-corrected chi connectivity index (χ0v) is 11.1. The lowest BCUT2D eigenvalue weighted by molar-refractivity contribution is -0.136. The molecular formula is C13H13ClO2S. The molecule has 0 N–H and O–H groups in total. The smallest absolute Gasteiger partial charge is 0.334 e. The first-order valence-electron chi connectivity index (χ1n) is 4.98. The van der Waals surface area contributed by atoms with E-state index >= 15 is 0 Å². The molecule has 0 unspecified atom stereocenters. The second kappa shape index (κ2) is 7.20. The highest BCUT2D eigenvalue weighted by Gasteiger charge is 2.07. The molecule has 0 aromatic heterocycles. The topological polar surface area (TPSA) is 26.3 Å². The molecule has 0 bridgehead atoms. The van der Waals surface area contributed by atoms with Crippen molar-refractivity contribution in [3.63, 3.8) is 0 Å². The summed E-state index contributed by atoms with van der Waals surface area (Å²) >= 11 is 7.24. The van der Waals surface area contributed by atoms with Crippen LogP contribution in [0.1, 0.15) is 6.42 Å². The summed E-state index contributed by atoms with van der Waals surface area (Å²) in [7, 11) is 1.37. The fraction of sp³-hybridized carbons (Fsp3) is 0.154. The lowest BCUT2D eigenvalue weighted by Gasteiger charge is -2.02. The molecule has 4 heteroatoms. The number of allylic oxidation sites excluding steroid dienone is 1. The van der Waals surface area contributed by atoms with Gasteiger partial charge in [0.25, 0.3) is 0 Å². The molecule has 1 aromatic rings. The molecule has 0 spiro atoms. The van der Waals surface area contributed by atoms with Crippen LogP contribution in [0.2, 0.25) is 5.02 Å². The SMILES string of the molecule is C=CC/C(=C/Sc1ccc(Cl)cc1)C(=O)OC. The minimum atomic E-state index is -0.327. The predicted molar refractivity (Wildman–Crippen MR) is 72.2 cm³/mol. The maximum Gasteiger partial charge on any atom is 0.334 e. The van der Waals surface area contributed by atoms with Crippen LogP contribution in [0, 0.1) is 0 Å². The Hall–Kier alpha value is -1.19. The Balaban J connectivity index is 2.74. The largest absolute Gasteiger partial charge is 0.466 e. The molecule has 1 rings (SSSR count). The Kier molecular flexibility index (Phi) is 5.87. The summed E-state index contributed by atoms with van der Waals surface area (Å²) in [5.74, 6) is -0.327. The van der Waals surface area contributed by atoms with Crippen LogP contribution in [0.5, 0.6) is 0 Å². The van der Waals surface area contributed by atoms with Crippen LogP contribution < -0.4 is 0 Å². The Morgan fingerprint density at radius 2 is 2.12 bits per heavy atom. The number of carbonyl (C=O) groups is 1. The highest BCUT2D eigenvalue weighted by Crippen LogP contribution is 2.23. The van der Waals surface area contributed by atoms with E-state index in [0.717, 1.165) is 4.90 Å². The van der Waals surface area contributed by atoms with Gasteiger partial charge in [-0.1, -0.05) is 29.4 Å². The highest BCUT2D eigenvalue weighted by atomic mass is 35.5. The summed E-state index contributed by atoms with van der Waals surface area (Å²) in [5, 5.41) is 2.47. The van der Waals surface area contributed by atoms with Crippen molar-refractivity contribution in [1.82, 2.24) is 0 Å². The van der Waals surface area contributed by atoms with Crippen LogP contribution in [0.25, 0.3) is 0 Å². The van der Waals surface area contributed by atoms with Crippen molar-refractivity contribution >= 4 is 29.3 Å². The minimum Gasteiger partial charge on any atom is -0.466 e. The Bertz CT molecular complexity index is 424. The molecule has 17 heavy (non-hydrogen) atoms. The van der Waals surface area contributed by atoms with Gasteiger partial charge in [-0.05, 0) is 36.1 Å². The molecule has 0 aliphatic rings. The van der Waals surface area contributed by atoms with Crippen molar-refractivity contribution in [2.45, 2.75) is 11.3 Å². The van der Waals surface area contributed by atoms with E-state index in [0.29, 0.717) is 17.0 Å². The summed E-state index contributed by atoms with van der Waals surface area (Å²) in [4.78, 5) is 12.4. The number of esters is 1. The number of carbonyl (C=O) groups excluding carboxylic acids is 1. The summed E-state index contributed by atoms with van der Waals surface area (Å²) in [5.41, 5.74) is 0.586. The standard InChI is InChI=1S/C13H13ClO2S/c1-3-4-10(13(15)16-2)9-17-12-7-5-11(14)6-8-12/h3,5-9H,1,4H2,2H3/b10-9-. The Morgan fingerprint density at radius 1 is 1.47 bits per heavy atom. The molecule has 0 atom stereocenters. The van der Waals surface area contributed by atoms with Gasteiger partial charge in [0.05, 0.1) is 7.11 Å². The van der Waals surface area contributed by atoms with Crippen molar-refractivity contribution in [2.24, 2.45) is 0 Å². The number of ether oxygens (including phenoxy) is 1. The highest BCUT2D eigenvalue weighted by molar-refractivity contribution is 8.02. The van der Waals surface area contributed by atoms with Gasteiger partial charge in [0.2, 0.25) is 0 Å². The Morgan fingerprint density at radius 3 is 2.65 bits per heavy atom. The number of hydrogen-bond donors (Lipinski definition) is 0. The Labute approximate surface area is 110 Å². The van der Waals surface area contributed by atoms with Crippen molar-refractivity contribution < 1.29 is 9.53 Å². The molecule has 1 aromatic carbocycles. The second-order valence-electron chi connectivity index (χ2n) is 3.20. The van der Waals surface area contributed by atoms with Gasteiger partial charge in [0, 0.05) is 15.5 Å². The van der Waals surface area contributed by atoms with E-state index in [9.17, 15) is 4.79 Å². The van der Waals surface area contributed by atoms with Crippen LogP contribution in [0.4, 0.5) is 0 Å². The molecule has 0 saturated carbocycles. The van der Waals surface area contributed by atoms with Crippen LogP contribution in [0.3, 0.4) is 0 Å². The fourth-order valence-corrected chi connectivity index (χ4v) is 2.01. The summed E-state index contributed by atoms with van der Waals surface area (Å²) in [6, 6.07) is 7.41. The monoisotopic (exact) mass is 268 g/mol. The molecule has 0 radical (unpaired) electrons. The molecular weight excluding hydrogens is 256 g/mol. The third kappa shape index (κ3) is 4.67. The quantitative estimate of drug-likeness (QED) is 0.349. The zero-order valence-electron chi connectivity index (χ0n) is 9.48. The molecule has 0 saturated heterocycles. The van der Waals surface area contributed by atoms with Gasteiger partial charge in [0.15, 0.2) is 0 Å². The number of halogens is 1. The van der Waals surface area contributed by atoms with Gasteiger partial charge >= 0.3 is 5.97 Å². The van der Waals surface area contributed by atoms with E-state index in [4.69, 9.17) is 11.6 Å². The van der Waals surface area contributed by atoms with Crippen molar-refractivity contribution in [3.05, 3.63) is 52.9 Å². The molecule has 0 aliphatic carbocycles. The lowest BCUT2D eigenvalue weighted by atomic mass is 10.2. The first-order valence-corrected chi connectivity index (χ1v) is 6.23. The van der Waals surface area contributed by atoms with Crippen molar-refractivity contribution in [1.29, 1.82) is 0 Å². The van der Waals surface area contributed by atoms with Gasteiger partial charge in [-0.25, -0.2) is 4.79 Å². The van der Waals surface area contributed by atoms with E-state index in [1.54, 1.807) is 11.5 Å². The minimum absolute atomic E-state index is 0.327. The third-order valence-corrected chi connectivity index (χ3v) is 3.16. The van der Waals surface area contributed by atoms with E-state index in [1.165, 1.54) is 18.9 Å². The molecule has 90 valence electrons. The average Bonchev–Trinajstić information content (AvgIpc) is 2.35. The summed E-state index contributed by atoms with van der Waals surface area (Å²) < 4.78 is 4.68. The van der Waals surface area contributed by atoms with Gasteiger partial charge in [-0.3, -0.25) is 0 Å². The van der Waals surface area contributed by atoms with E-state index < -0.39 is 0 Å². The molecule has 0 heterocycles. The van der Waals surface area contributed by atoms with Crippen molar-refractivity contribution in [2.75, 3.05) is 7.11 Å². The maximum absolute atomic E-state index is 11.4. The van der Waals surface area contributed by atoms with Crippen LogP contribution >= 0.6 is 23.4 Å².